The first-order chi connectivity index (χ1) is 17.9. The van der Waals surface area contributed by atoms with Crippen LogP contribution in [0.25, 0.3) is 0 Å². The SMILES string of the molecule is CCCCCCN(C(=O)CNC(=O)OC(C)(C)C)C(C(=O)Nc1c(C)cccc1Cl)c1cccc(C)c1C. The third-order valence-corrected chi connectivity index (χ3v) is 6.64. The number of nitrogens with one attached hydrogen (secondary N) is 2. The van der Waals surface area contributed by atoms with E-state index in [0.717, 1.165) is 47.9 Å². The summed E-state index contributed by atoms with van der Waals surface area (Å²) in [5, 5.41) is 5.96. The van der Waals surface area contributed by atoms with Gasteiger partial charge in [0.2, 0.25) is 5.91 Å². The van der Waals surface area contributed by atoms with Gasteiger partial charge in [0.05, 0.1) is 10.7 Å². The summed E-state index contributed by atoms with van der Waals surface area (Å²) < 4.78 is 5.30. The van der Waals surface area contributed by atoms with Gasteiger partial charge in [-0.3, -0.25) is 9.59 Å². The number of anilines is 1. The summed E-state index contributed by atoms with van der Waals surface area (Å²) in [6, 6.07) is 10.2. The van der Waals surface area contributed by atoms with Crippen molar-refractivity contribution in [2.45, 2.75) is 85.8 Å². The minimum absolute atomic E-state index is 0.289. The summed E-state index contributed by atoms with van der Waals surface area (Å²) in [5.41, 5.74) is 3.31. The first-order valence-electron chi connectivity index (χ1n) is 13.2. The van der Waals surface area contributed by atoms with Crippen LogP contribution in [0.5, 0.6) is 0 Å². The molecule has 2 rings (SSSR count). The Bertz CT molecular complexity index is 1110. The van der Waals surface area contributed by atoms with Gasteiger partial charge in [-0.15, -0.1) is 0 Å². The van der Waals surface area contributed by atoms with Crippen LogP contribution in [-0.2, 0) is 14.3 Å². The molecular formula is C30H42ClN3O4. The molecule has 0 saturated carbocycles. The molecule has 8 heteroatoms. The fourth-order valence-corrected chi connectivity index (χ4v) is 4.44. The quantitative estimate of drug-likeness (QED) is 0.302. The number of aryl methyl sites for hydroxylation is 2. The summed E-state index contributed by atoms with van der Waals surface area (Å²) in [7, 11) is 0. The van der Waals surface area contributed by atoms with E-state index in [1.54, 1.807) is 31.7 Å². The van der Waals surface area contributed by atoms with E-state index in [0.29, 0.717) is 17.3 Å². The van der Waals surface area contributed by atoms with Crippen LogP contribution in [0.3, 0.4) is 0 Å². The topological polar surface area (TPSA) is 87.7 Å². The number of rotatable bonds is 11. The zero-order valence-electron chi connectivity index (χ0n) is 23.7. The predicted molar refractivity (Wildman–Crippen MR) is 154 cm³/mol. The minimum atomic E-state index is -0.917. The van der Waals surface area contributed by atoms with Gasteiger partial charge >= 0.3 is 6.09 Å². The van der Waals surface area contributed by atoms with Gasteiger partial charge in [-0.1, -0.05) is 68.1 Å². The first-order valence-corrected chi connectivity index (χ1v) is 13.6. The van der Waals surface area contributed by atoms with E-state index in [9.17, 15) is 14.4 Å². The van der Waals surface area contributed by atoms with Crippen LogP contribution in [0.4, 0.5) is 10.5 Å². The second kappa shape index (κ2) is 14.2. The number of benzene rings is 2. The Balaban J connectivity index is 2.47. The lowest BCUT2D eigenvalue weighted by atomic mass is 9.95. The Morgan fingerprint density at radius 3 is 2.26 bits per heavy atom. The predicted octanol–water partition coefficient (Wildman–Crippen LogP) is 6.88. The molecule has 2 N–H and O–H groups in total. The van der Waals surface area contributed by atoms with E-state index in [1.165, 1.54) is 0 Å². The van der Waals surface area contributed by atoms with Crippen molar-refractivity contribution >= 4 is 35.2 Å². The highest BCUT2D eigenvalue weighted by molar-refractivity contribution is 6.34. The molecule has 0 radical (unpaired) electrons. The maximum atomic E-state index is 14.0. The van der Waals surface area contributed by atoms with Crippen LogP contribution >= 0.6 is 11.6 Å². The molecule has 2 aromatic rings. The Kier molecular flexibility index (Phi) is 11.6. The number of unbranched alkanes of at least 4 members (excludes halogenated alkanes) is 3. The van der Waals surface area contributed by atoms with E-state index in [2.05, 4.69) is 17.6 Å². The number of ether oxygens (including phenoxy) is 1. The Morgan fingerprint density at radius 1 is 0.974 bits per heavy atom. The molecule has 0 aliphatic rings. The zero-order chi connectivity index (χ0) is 28.5. The van der Waals surface area contributed by atoms with Crippen molar-refractivity contribution in [3.05, 3.63) is 63.7 Å². The molecule has 1 unspecified atom stereocenters. The van der Waals surface area contributed by atoms with Crippen LogP contribution in [0.1, 0.15) is 81.7 Å². The third-order valence-electron chi connectivity index (χ3n) is 6.33. The van der Waals surface area contributed by atoms with Gasteiger partial charge in [0.25, 0.3) is 5.91 Å². The van der Waals surface area contributed by atoms with Crippen molar-refractivity contribution < 1.29 is 19.1 Å². The summed E-state index contributed by atoms with van der Waals surface area (Å²) in [4.78, 5) is 41.4. The van der Waals surface area contributed by atoms with Gasteiger partial charge in [-0.25, -0.2) is 4.79 Å². The van der Waals surface area contributed by atoms with Gasteiger partial charge in [0.1, 0.15) is 18.2 Å². The van der Waals surface area contributed by atoms with Crippen LogP contribution in [0.15, 0.2) is 36.4 Å². The molecule has 0 heterocycles. The molecule has 0 saturated heterocycles. The fourth-order valence-electron chi connectivity index (χ4n) is 4.17. The first kappa shape index (κ1) is 31.2. The average molecular weight is 544 g/mol. The van der Waals surface area contributed by atoms with Crippen molar-refractivity contribution in [1.29, 1.82) is 0 Å². The van der Waals surface area contributed by atoms with Gasteiger partial charge in [0.15, 0.2) is 0 Å². The summed E-state index contributed by atoms with van der Waals surface area (Å²) in [6.45, 7) is 13.3. The Morgan fingerprint density at radius 2 is 1.63 bits per heavy atom. The van der Waals surface area contributed by atoms with Crippen molar-refractivity contribution in [2.75, 3.05) is 18.4 Å². The van der Waals surface area contributed by atoms with E-state index in [1.807, 2.05) is 51.1 Å². The highest BCUT2D eigenvalue weighted by Gasteiger charge is 2.33. The number of nitrogens with zero attached hydrogens (tertiary/aromatic N) is 1. The van der Waals surface area contributed by atoms with Crippen molar-refractivity contribution in [3.8, 4) is 0 Å². The normalized spacial score (nSPS) is 12.0. The molecule has 2 aromatic carbocycles. The van der Waals surface area contributed by atoms with Gasteiger partial charge in [0, 0.05) is 6.54 Å². The second-order valence-corrected chi connectivity index (χ2v) is 11.0. The van der Waals surface area contributed by atoms with Crippen LogP contribution in [-0.4, -0.2) is 41.5 Å². The highest BCUT2D eigenvalue weighted by Crippen LogP contribution is 2.31. The van der Waals surface area contributed by atoms with E-state index < -0.39 is 17.7 Å². The molecule has 208 valence electrons. The number of para-hydroxylation sites is 1. The number of hydrogen-bond acceptors (Lipinski definition) is 4. The summed E-state index contributed by atoms with van der Waals surface area (Å²) >= 11 is 6.42. The van der Waals surface area contributed by atoms with Crippen molar-refractivity contribution in [3.63, 3.8) is 0 Å². The molecule has 0 fully saturated rings. The number of alkyl carbamates (subject to hydrolysis) is 1. The monoisotopic (exact) mass is 543 g/mol. The molecule has 0 aliphatic carbocycles. The summed E-state index contributed by atoms with van der Waals surface area (Å²) in [6.07, 6.45) is 3.03. The van der Waals surface area contributed by atoms with Crippen LogP contribution in [0, 0.1) is 20.8 Å². The molecule has 0 aliphatic heterocycles. The second-order valence-electron chi connectivity index (χ2n) is 10.6. The molecule has 38 heavy (non-hydrogen) atoms. The number of hydrogen-bond donors (Lipinski definition) is 2. The van der Waals surface area contributed by atoms with Crippen LogP contribution in [0.2, 0.25) is 5.02 Å². The highest BCUT2D eigenvalue weighted by atomic mass is 35.5. The molecule has 0 bridgehead atoms. The number of halogens is 1. The average Bonchev–Trinajstić information content (AvgIpc) is 2.83. The smallest absolute Gasteiger partial charge is 0.408 e. The van der Waals surface area contributed by atoms with Crippen LogP contribution < -0.4 is 10.6 Å². The van der Waals surface area contributed by atoms with Gasteiger partial charge < -0.3 is 20.3 Å². The van der Waals surface area contributed by atoms with E-state index in [4.69, 9.17) is 16.3 Å². The summed E-state index contributed by atoms with van der Waals surface area (Å²) in [5.74, 6) is -0.736. The number of carbonyl (C=O) groups excluding carboxylic acids is 3. The standard InChI is InChI=1S/C30H42ClN3O4/c1-8-9-10-11-18-34(25(35)19-32-29(37)38-30(5,6)7)27(23-16-12-14-20(2)22(23)4)28(36)33-26-21(3)15-13-17-24(26)31/h12-17,27H,8-11,18-19H2,1-7H3,(H,32,37)(H,33,36). The number of carbonyl (C=O) groups is 3. The van der Waals surface area contributed by atoms with Gasteiger partial charge in [-0.2, -0.15) is 0 Å². The molecule has 1 atom stereocenters. The minimum Gasteiger partial charge on any atom is -0.444 e. The molecular weight excluding hydrogens is 502 g/mol. The fraction of sp³-hybridized carbons (Fsp3) is 0.500. The maximum absolute atomic E-state index is 14.0. The lowest BCUT2D eigenvalue weighted by Gasteiger charge is -2.33. The van der Waals surface area contributed by atoms with E-state index in [-0.39, 0.29) is 18.4 Å². The van der Waals surface area contributed by atoms with Gasteiger partial charge in [-0.05, 0) is 76.3 Å². The van der Waals surface area contributed by atoms with Crippen molar-refractivity contribution in [1.82, 2.24) is 10.2 Å². The molecule has 7 nitrogen and oxygen atoms in total. The Labute approximate surface area is 232 Å². The lowest BCUT2D eigenvalue weighted by Crippen LogP contribution is -2.47. The Hall–Kier alpha value is -3.06. The molecule has 0 spiro atoms. The number of amides is 3. The van der Waals surface area contributed by atoms with Crippen molar-refractivity contribution in [2.24, 2.45) is 0 Å². The third kappa shape index (κ3) is 9.05. The molecule has 0 aromatic heterocycles. The maximum Gasteiger partial charge on any atom is 0.408 e. The lowest BCUT2D eigenvalue weighted by molar-refractivity contribution is -0.138. The zero-order valence-corrected chi connectivity index (χ0v) is 24.5. The largest absolute Gasteiger partial charge is 0.444 e. The molecule has 3 amide bonds. The van der Waals surface area contributed by atoms with E-state index >= 15 is 0 Å².